The third-order valence-corrected chi connectivity index (χ3v) is 6.92. The Hall–Kier alpha value is -4.36. The van der Waals surface area contributed by atoms with Gasteiger partial charge < -0.3 is 14.4 Å². The molecule has 3 aromatic carbocycles. The minimum Gasteiger partial charge on any atom is -0.506 e. The summed E-state index contributed by atoms with van der Waals surface area (Å²) in [6.45, 7) is 2.50. The molecular weight excluding hydrogens is 484 g/mol. The molecule has 0 fully saturated rings. The minimum atomic E-state index is -0.720. The zero-order chi connectivity index (χ0) is 25.8. The third-order valence-electron chi connectivity index (χ3n) is 5.90. The van der Waals surface area contributed by atoms with Crippen molar-refractivity contribution in [3.63, 3.8) is 0 Å². The number of rotatable bonds is 6. The number of aliphatic hydroxyl groups excluding tert-OH is 1. The van der Waals surface area contributed by atoms with E-state index in [2.05, 4.69) is 21.7 Å². The first-order valence-electron chi connectivity index (χ1n) is 11.9. The van der Waals surface area contributed by atoms with Gasteiger partial charge >= 0.3 is 5.97 Å². The van der Waals surface area contributed by atoms with Crippen LogP contribution in [0, 0.1) is 0 Å². The van der Waals surface area contributed by atoms with Gasteiger partial charge in [-0.3, -0.25) is 4.79 Å². The molecule has 1 amide bonds. The third kappa shape index (κ3) is 5.13. The number of aromatic nitrogens is 1. The van der Waals surface area contributed by atoms with E-state index < -0.39 is 11.9 Å². The molecule has 184 valence electrons. The van der Waals surface area contributed by atoms with E-state index in [1.807, 2.05) is 54.7 Å². The number of nitrogens with zero attached hydrogens (tertiary/aromatic N) is 2. The maximum Gasteiger partial charge on any atom is 0.344 e. The maximum absolute atomic E-state index is 12.8. The Morgan fingerprint density at radius 2 is 1.65 bits per heavy atom. The first-order valence-corrected chi connectivity index (χ1v) is 12.7. The van der Waals surface area contributed by atoms with Gasteiger partial charge in [0.2, 0.25) is 0 Å². The number of carbonyl (C=O) groups excluding carboxylic acids is 2. The van der Waals surface area contributed by atoms with Crippen molar-refractivity contribution in [2.24, 2.45) is 4.99 Å². The van der Waals surface area contributed by atoms with Crippen LogP contribution in [-0.4, -0.2) is 33.2 Å². The number of carbonyl (C=O) groups is 2. The highest BCUT2D eigenvalue weighted by Crippen LogP contribution is 2.40. The first kappa shape index (κ1) is 24.3. The predicted octanol–water partition coefficient (Wildman–Crippen LogP) is 6.39. The molecule has 0 aliphatic carbocycles. The Bertz CT molecular complexity index is 1570. The number of benzene rings is 3. The van der Waals surface area contributed by atoms with E-state index in [-0.39, 0.29) is 23.0 Å². The number of para-hydroxylation sites is 1. The van der Waals surface area contributed by atoms with Gasteiger partial charge in [0.15, 0.2) is 0 Å². The van der Waals surface area contributed by atoms with Crippen LogP contribution >= 0.6 is 11.8 Å². The number of amides is 1. The fraction of sp³-hybridized carbons (Fsp3) is 0.100. The van der Waals surface area contributed by atoms with Crippen LogP contribution in [0.3, 0.4) is 0 Å². The highest BCUT2D eigenvalue weighted by molar-refractivity contribution is 8.18. The number of ether oxygens (including phenoxy) is 1. The second-order valence-electron chi connectivity index (χ2n) is 8.36. The number of esters is 1. The highest BCUT2D eigenvalue weighted by atomic mass is 32.2. The number of aliphatic hydroxyl groups is 1. The Morgan fingerprint density at radius 3 is 2.38 bits per heavy atom. The van der Waals surface area contributed by atoms with Crippen LogP contribution in [-0.2, 0) is 16.1 Å². The van der Waals surface area contributed by atoms with E-state index in [9.17, 15) is 14.7 Å². The average Bonchev–Trinajstić information content (AvgIpc) is 3.42. The standard InChI is InChI=1S/C30H24N2O4S/c1-2-36-30(35)26-27(33)25(37-29(26)31-28(34)21-13-7-4-8-14-21)17-22-19-32(18-20-11-5-3-6-12-20)24-16-10-9-15-23(22)24/h3-17,19,33H,2,18H2,1H3/b25-17-,31-29?. The van der Waals surface area contributed by atoms with Gasteiger partial charge in [0, 0.05) is 34.8 Å². The molecule has 6 nitrogen and oxygen atoms in total. The van der Waals surface area contributed by atoms with E-state index in [1.165, 1.54) is 5.56 Å². The maximum atomic E-state index is 12.8. The Morgan fingerprint density at radius 1 is 0.973 bits per heavy atom. The van der Waals surface area contributed by atoms with Crippen LogP contribution in [0.2, 0.25) is 0 Å². The summed E-state index contributed by atoms with van der Waals surface area (Å²) in [5, 5.41) is 12.2. The molecule has 0 atom stereocenters. The van der Waals surface area contributed by atoms with Gasteiger partial charge in [-0.05, 0) is 36.8 Å². The Balaban J connectivity index is 1.56. The van der Waals surface area contributed by atoms with Gasteiger partial charge in [-0.25, -0.2) is 9.79 Å². The summed E-state index contributed by atoms with van der Waals surface area (Å²) in [5.74, 6) is -1.47. The number of hydrogen-bond donors (Lipinski definition) is 1. The van der Waals surface area contributed by atoms with E-state index in [1.54, 1.807) is 37.3 Å². The van der Waals surface area contributed by atoms with Crippen molar-refractivity contribution in [1.82, 2.24) is 4.57 Å². The summed E-state index contributed by atoms with van der Waals surface area (Å²) in [6.07, 6.45) is 3.84. The molecule has 1 aromatic heterocycles. The molecule has 1 aliphatic heterocycles. The molecule has 1 aliphatic rings. The molecule has 1 N–H and O–H groups in total. The quantitative estimate of drug-likeness (QED) is 0.305. The van der Waals surface area contributed by atoms with Crippen molar-refractivity contribution in [2.75, 3.05) is 6.61 Å². The summed E-state index contributed by atoms with van der Waals surface area (Å²) >= 11 is 1.08. The smallest absolute Gasteiger partial charge is 0.344 e. The second-order valence-corrected chi connectivity index (χ2v) is 9.39. The Labute approximate surface area is 218 Å². The van der Waals surface area contributed by atoms with Crippen molar-refractivity contribution in [1.29, 1.82) is 0 Å². The molecule has 4 aromatic rings. The number of fused-ring (bicyclic) bond motifs is 1. The molecule has 0 unspecified atom stereocenters. The minimum absolute atomic E-state index is 0.101. The molecule has 0 saturated heterocycles. The van der Waals surface area contributed by atoms with Gasteiger partial charge in [-0.2, -0.15) is 0 Å². The molecular formula is C30H24N2O4S. The molecule has 37 heavy (non-hydrogen) atoms. The predicted molar refractivity (Wildman–Crippen MR) is 148 cm³/mol. The molecule has 0 radical (unpaired) electrons. The van der Waals surface area contributed by atoms with Crippen LogP contribution in [0.4, 0.5) is 0 Å². The van der Waals surface area contributed by atoms with Crippen LogP contribution in [0.1, 0.15) is 28.4 Å². The molecule has 0 spiro atoms. The molecule has 7 heteroatoms. The topological polar surface area (TPSA) is 80.9 Å². The number of aliphatic imine (C=N–C) groups is 1. The van der Waals surface area contributed by atoms with Gasteiger partial charge in [0.1, 0.15) is 16.4 Å². The normalized spacial score (nSPS) is 15.6. The molecule has 0 bridgehead atoms. The molecule has 5 rings (SSSR count). The zero-order valence-corrected chi connectivity index (χ0v) is 20.9. The number of thioether (sulfide) groups is 1. The first-order chi connectivity index (χ1) is 18.0. The van der Waals surface area contributed by atoms with Gasteiger partial charge in [0.05, 0.1) is 11.5 Å². The lowest BCUT2D eigenvalue weighted by Crippen LogP contribution is -2.14. The van der Waals surface area contributed by atoms with Crippen LogP contribution < -0.4 is 0 Å². The lowest BCUT2D eigenvalue weighted by atomic mass is 10.1. The zero-order valence-electron chi connectivity index (χ0n) is 20.1. The van der Waals surface area contributed by atoms with E-state index in [4.69, 9.17) is 4.74 Å². The van der Waals surface area contributed by atoms with Crippen LogP contribution in [0.5, 0.6) is 0 Å². The van der Waals surface area contributed by atoms with Gasteiger partial charge in [-0.15, -0.1) is 0 Å². The van der Waals surface area contributed by atoms with E-state index in [0.717, 1.165) is 28.2 Å². The van der Waals surface area contributed by atoms with Gasteiger partial charge in [0.25, 0.3) is 5.91 Å². The average molecular weight is 509 g/mol. The van der Waals surface area contributed by atoms with Crippen molar-refractivity contribution in [2.45, 2.75) is 13.5 Å². The highest BCUT2D eigenvalue weighted by Gasteiger charge is 2.34. The lowest BCUT2D eigenvalue weighted by Gasteiger charge is -2.05. The Kier molecular flexibility index (Phi) is 7.05. The second kappa shape index (κ2) is 10.7. The number of hydrogen-bond acceptors (Lipinski definition) is 5. The fourth-order valence-electron chi connectivity index (χ4n) is 4.17. The molecule has 0 saturated carbocycles. The molecule has 2 heterocycles. The van der Waals surface area contributed by atoms with Crippen LogP contribution in [0.15, 0.2) is 112 Å². The fourth-order valence-corrected chi connectivity index (χ4v) is 5.18. The summed E-state index contributed by atoms with van der Waals surface area (Å²) in [7, 11) is 0. The lowest BCUT2D eigenvalue weighted by molar-refractivity contribution is -0.138. The summed E-state index contributed by atoms with van der Waals surface area (Å²) < 4.78 is 7.31. The van der Waals surface area contributed by atoms with Crippen molar-refractivity contribution in [3.05, 3.63) is 124 Å². The SMILES string of the molecule is CCOC(=O)C1=C(O)/C(=C/c2cn(Cc3ccccc3)c3ccccc23)SC1=NC(=O)c1ccccc1. The van der Waals surface area contributed by atoms with E-state index >= 15 is 0 Å². The summed E-state index contributed by atoms with van der Waals surface area (Å²) in [4.78, 5) is 30.1. The largest absolute Gasteiger partial charge is 0.506 e. The summed E-state index contributed by atoms with van der Waals surface area (Å²) in [6, 6.07) is 26.8. The van der Waals surface area contributed by atoms with Gasteiger partial charge in [-0.1, -0.05) is 78.5 Å². The summed E-state index contributed by atoms with van der Waals surface area (Å²) in [5.41, 5.74) is 3.37. The monoisotopic (exact) mass is 508 g/mol. The van der Waals surface area contributed by atoms with Crippen LogP contribution in [0.25, 0.3) is 17.0 Å². The van der Waals surface area contributed by atoms with E-state index in [0.29, 0.717) is 17.0 Å². The van der Waals surface area contributed by atoms with Crippen molar-refractivity contribution >= 4 is 45.7 Å². The van der Waals surface area contributed by atoms with Crippen molar-refractivity contribution < 1.29 is 19.4 Å². The van der Waals surface area contributed by atoms with Crippen molar-refractivity contribution in [3.8, 4) is 0 Å².